The number of hydrogen-bond donors (Lipinski definition) is 2. The summed E-state index contributed by atoms with van der Waals surface area (Å²) in [6.45, 7) is 1.31. The molecule has 1 aliphatic rings. The highest BCUT2D eigenvalue weighted by Gasteiger charge is 2.49. The maximum atomic E-state index is 13.2. The van der Waals surface area contributed by atoms with Crippen LogP contribution in [0.25, 0.3) is 0 Å². The second-order valence-electron chi connectivity index (χ2n) is 7.11. The van der Waals surface area contributed by atoms with E-state index in [1.807, 2.05) is 25.1 Å². The van der Waals surface area contributed by atoms with Crippen molar-refractivity contribution in [3.8, 4) is 0 Å². The predicted octanol–water partition coefficient (Wildman–Crippen LogP) is 1.37. The van der Waals surface area contributed by atoms with Gasteiger partial charge in [-0.15, -0.1) is 0 Å². The lowest BCUT2D eigenvalue weighted by Gasteiger charge is -2.22. The number of rotatable bonds is 6. The number of pyridine rings is 1. The van der Waals surface area contributed by atoms with Crippen LogP contribution in [0.2, 0.25) is 0 Å². The summed E-state index contributed by atoms with van der Waals surface area (Å²) in [5, 5.41) is 5.30. The van der Waals surface area contributed by atoms with Crippen LogP contribution in [0.15, 0.2) is 42.6 Å². The minimum Gasteiger partial charge on any atom is -0.362 e. The van der Waals surface area contributed by atoms with Crippen molar-refractivity contribution in [2.45, 2.75) is 19.0 Å². The van der Waals surface area contributed by atoms with Crippen LogP contribution in [0.4, 0.5) is 15.0 Å². The monoisotopic (exact) mass is 399 g/mol. The van der Waals surface area contributed by atoms with Crippen LogP contribution in [0, 0.1) is 5.82 Å². The van der Waals surface area contributed by atoms with Crippen LogP contribution in [0.1, 0.15) is 18.1 Å². The zero-order valence-electron chi connectivity index (χ0n) is 16.4. The molecule has 29 heavy (non-hydrogen) atoms. The van der Waals surface area contributed by atoms with Gasteiger partial charge in [-0.2, -0.15) is 0 Å². The maximum Gasteiger partial charge on any atom is 0.325 e. The number of nitrogens with one attached hydrogen (secondary N) is 2. The third-order valence-electron chi connectivity index (χ3n) is 4.77. The van der Waals surface area contributed by atoms with Gasteiger partial charge in [0.15, 0.2) is 0 Å². The molecule has 1 aromatic carbocycles. The van der Waals surface area contributed by atoms with Crippen LogP contribution in [0.5, 0.6) is 0 Å². The number of carbonyl (C=O) groups excluding carboxylic acids is 3. The average molecular weight is 399 g/mol. The van der Waals surface area contributed by atoms with E-state index in [-0.39, 0.29) is 6.54 Å². The van der Waals surface area contributed by atoms with Crippen LogP contribution in [-0.4, -0.2) is 48.4 Å². The smallest absolute Gasteiger partial charge is 0.325 e. The lowest BCUT2D eigenvalue weighted by molar-refractivity contribution is -0.134. The van der Waals surface area contributed by atoms with E-state index < -0.39 is 35.7 Å². The number of imide groups is 1. The Morgan fingerprint density at radius 2 is 1.93 bits per heavy atom. The summed E-state index contributed by atoms with van der Waals surface area (Å²) in [5.74, 6) is -0.783. The fourth-order valence-electron chi connectivity index (χ4n) is 3.18. The quantitative estimate of drug-likeness (QED) is 0.716. The molecular weight excluding hydrogens is 377 g/mol. The first kappa shape index (κ1) is 20.2. The van der Waals surface area contributed by atoms with Gasteiger partial charge in [0, 0.05) is 32.4 Å². The highest BCUT2D eigenvalue weighted by Crippen LogP contribution is 2.28. The largest absolute Gasteiger partial charge is 0.362 e. The molecule has 9 heteroatoms. The summed E-state index contributed by atoms with van der Waals surface area (Å²) < 4.78 is 13.2. The van der Waals surface area contributed by atoms with Crippen molar-refractivity contribution in [1.29, 1.82) is 0 Å². The van der Waals surface area contributed by atoms with Crippen molar-refractivity contribution in [3.63, 3.8) is 0 Å². The molecular formula is C20H22FN5O3. The summed E-state index contributed by atoms with van der Waals surface area (Å²) in [7, 11) is 3.69. The topological polar surface area (TPSA) is 94.6 Å². The van der Waals surface area contributed by atoms with Crippen molar-refractivity contribution >= 4 is 23.7 Å². The van der Waals surface area contributed by atoms with Crippen molar-refractivity contribution < 1.29 is 18.8 Å². The first-order valence-electron chi connectivity index (χ1n) is 9.00. The summed E-state index contributed by atoms with van der Waals surface area (Å²) in [6, 6.07) is 8.22. The molecule has 0 aliphatic carbocycles. The molecule has 0 saturated carbocycles. The van der Waals surface area contributed by atoms with Gasteiger partial charge in [-0.25, -0.2) is 14.2 Å². The fourth-order valence-corrected chi connectivity index (χ4v) is 3.18. The molecule has 2 heterocycles. The minimum absolute atomic E-state index is 0.207. The molecule has 2 aromatic rings. The van der Waals surface area contributed by atoms with E-state index in [1.165, 1.54) is 31.2 Å². The minimum atomic E-state index is -1.35. The van der Waals surface area contributed by atoms with E-state index in [1.54, 1.807) is 12.3 Å². The third-order valence-corrected chi connectivity index (χ3v) is 4.77. The molecule has 1 aromatic heterocycles. The Hall–Kier alpha value is -3.49. The van der Waals surface area contributed by atoms with Crippen molar-refractivity contribution in [2.75, 3.05) is 25.5 Å². The van der Waals surface area contributed by atoms with Gasteiger partial charge in [-0.05, 0) is 30.7 Å². The molecule has 1 atom stereocenters. The molecule has 0 spiro atoms. The second-order valence-corrected chi connectivity index (χ2v) is 7.11. The summed E-state index contributed by atoms with van der Waals surface area (Å²) >= 11 is 0. The molecule has 8 nitrogen and oxygen atoms in total. The highest BCUT2D eigenvalue weighted by atomic mass is 19.1. The van der Waals surface area contributed by atoms with Crippen LogP contribution in [0.3, 0.4) is 0 Å². The number of hydrogen-bond acceptors (Lipinski definition) is 5. The van der Waals surface area contributed by atoms with Gasteiger partial charge >= 0.3 is 6.03 Å². The molecule has 3 rings (SSSR count). The van der Waals surface area contributed by atoms with Crippen molar-refractivity contribution in [1.82, 2.24) is 20.5 Å². The molecule has 4 amide bonds. The van der Waals surface area contributed by atoms with Crippen LogP contribution >= 0.6 is 0 Å². The van der Waals surface area contributed by atoms with E-state index in [2.05, 4.69) is 15.6 Å². The number of benzene rings is 1. The van der Waals surface area contributed by atoms with E-state index in [0.29, 0.717) is 11.4 Å². The van der Waals surface area contributed by atoms with E-state index >= 15 is 0 Å². The normalized spacial score (nSPS) is 18.6. The number of halogens is 1. The van der Waals surface area contributed by atoms with Crippen LogP contribution in [-0.2, 0) is 21.7 Å². The number of anilines is 1. The standard InChI is InChI=1S/C20H22FN5O3/c1-20(14-6-8-15(21)9-7-14)18(28)26(19(29)24-20)12-16(27)23-11-13-5-4-10-22-17(13)25(2)3/h4-10H,11-12H2,1-3H3,(H,23,27)(H,24,29). The average Bonchev–Trinajstić information content (AvgIpc) is 2.91. The van der Waals surface area contributed by atoms with Gasteiger partial charge in [-0.3, -0.25) is 14.5 Å². The molecule has 1 fully saturated rings. The Kier molecular flexibility index (Phi) is 5.49. The van der Waals surface area contributed by atoms with E-state index in [9.17, 15) is 18.8 Å². The third kappa shape index (κ3) is 4.03. The zero-order chi connectivity index (χ0) is 21.2. The van der Waals surface area contributed by atoms with Gasteiger partial charge < -0.3 is 15.5 Å². The Bertz CT molecular complexity index is 947. The molecule has 1 saturated heterocycles. The van der Waals surface area contributed by atoms with E-state index in [4.69, 9.17) is 0 Å². The van der Waals surface area contributed by atoms with Crippen molar-refractivity contribution in [3.05, 3.63) is 59.5 Å². The van der Waals surface area contributed by atoms with Gasteiger partial charge in [0.2, 0.25) is 5.91 Å². The number of amides is 4. The Balaban J connectivity index is 1.67. The van der Waals surface area contributed by atoms with Gasteiger partial charge in [-0.1, -0.05) is 18.2 Å². The number of carbonyl (C=O) groups is 3. The molecule has 1 unspecified atom stereocenters. The Labute approximate surface area is 167 Å². The molecule has 0 bridgehead atoms. The summed E-state index contributed by atoms with van der Waals surface area (Å²) in [4.78, 5) is 44.5. The predicted molar refractivity (Wildman–Crippen MR) is 104 cm³/mol. The van der Waals surface area contributed by atoms with Crippen LogP contribution < -0.4 is 15.5 Å². The fraction of sp³-hybridized carbons (Fsp3) is 0.300. The second kappa shape index (κ2) is 7.86. The first-order valence-corrected chi connectivity index (χ1v) is 9.00. The summed E-state index contributed by atoms with van der Waals surface area (Å²) in [6.07, 6.45) is 1.66. The number of aromatic nitrogens is 1. The van der Waals surface area contributed by atoms with Gasteiger partial charge in [0.25, 0.3) is 5.91 Å². The number of urea groups is 1. The van der Waals surface area contributed by atoms with E-state index in [0.717, 1.165) is 10.5 Å². The lowest BCUT2D eigenvalue weighted by Crippen LogP contribution is -2.43. The first-order chi connectivity index (χ1) is 13.7. The highest BCUT2D eigenvalue weighted by molar-refractivity contribution is 6.09. The van der Waals surface area contributed by atoms with Crippen molar-refractivity contribution in [2.24, 2.45) is 0 Å². The van der Waals surface area contributed by atoms with Gasteiger partial charge in [0.05, 0.1) is 0 Å². The Morgan fingerprint density at radius 1 is 1.24 bits per heavy atom. The lowest BCUT2D eigenvalue weighted by atomic mass is 9.92. The zero-order valence-corrected chi connectivity index (χ0v) is 16.4. The maximum absolute atomic E-state index is 13.2. The molecule has 2 N–H and O–H groups in total. The Morgan fingerprint density at radius 3 is 2.59 bits per heavy atom. The SMILES string of the molecule is CN(C)c1ncccc1CNC(=O)CN1C(=O)NC(C)(c2ccc(F)cc2)C1=O. The number of nitrogens with zero attached hydrogens (tertiary/aromatic N) is 3. The molecule has 0 radical (unpaired) electrons. The van der Waals surface area contributed by atoms with Gasteiger partial charge in [0.1, 0.15) is 23.7 Å². The summed E-state index contributed by atoms with van der Waals surface area (Å²) in [5.41, 5.74) is -0.114. The molecule has 152 valence electrons. The molecule has 1 aliphatic heterocycles.